The van der Waals surface area contributed by atoms with Crippen molar-refractivity contribution in [1.82, 2.24) is 5.32 Å². The number of methoxy groups -OCH3 is 1. The summed E-state index contributed by atoms with van der Waals surface area (Å²) in [5.74, 6) is 1.03. The van der Waals surface area contributed by atoms with Gasteiger partial charge in [0.25, 0.3) is 15.9 Å². The van der Waals surface area contributed by atoms with E-state index in [4.69, 9.17) is 25.8 Å². The Morgan fingerprint density at radius 2 is 1.89 bits per heavy atom. The summed E-state index contributed by atoms with van der Waals surface area (Å²) >= 11 is 6.13. The van der Waals surface area contributed by atoms with E-state index in [0.29, 0.717) is 16.5 Å². The smallest absolute Gasteiger partial charge is 0.264 e. The van der Waals surface area contributed by atoms with Crippen LogP contribution in [0.25, 0.3) is 0 Å². The molecule has 0 radical (unpaired) electrons. The van der Waals surface area contributed by atoms with E-state index >= 15 is 0 Å². The highest BCUT2D eigenvalue weighted by Crippen LogP contribution is 2.39. The maximum absolute atomic E-state index is 13.5. The highest BCUT2D eigenvalue weighted by Gasteiger charge is 2.37. The predicted octanol–water partition coefficient (Wildman–Crippen LogP) is 3.81. The van der Waals surface area contributed by atoms with Crippen molar-refractivity contribution >= 4 is 33.2 Å². The predicted molar refractivity (Wildman–Crippen MR) is 133 cm³/mol. The van der Waals surface area contributed by atoms with Gasteiger partial charge in [0.15, 0.2) is 6.10 Å². The van der Waals surface area contributed by atoms with E-state index in [1.165, 1.54) is 25.3 Å². The molecule has 0 unspecified atom stereocenters. The van der Waals surface area contributed by atoms with Crippen LogP contribution in [0.5, 0.6) is 17.2 Å². The van der Waals surface area contributed by atoms with Gasteiger partial charge in [0.05, 0.1) is 30.8 Å². The summed E-state index contributed by atoms with van der Waals surface area (Å²) in [7, 11) is -2.52. The highest BCUT2D eigenvalue weighted by atomic mass is 35.5. The van der Waals surface area contributed by atoms with Gasteiger partial charge in [-0.15, -0.1) is 0 Å². The van der Waals surface area contributed by atoms with Gasteiger partial charge in [0.1, 0.15) is 23.9 Å². The number of nitrogens with zero attached hydrogens (tertiary/aromatic N) is 1. The van der Waals surface area contributed by atoms with Crippen LogP contribution in [-0.2, 0) is 14.8 Å². The fourth-order valence-electron chi connectivity index (χ4n) is 3.63. The second-order valence-electron chi connectivity index (χ2n) is 7.89. The number of nitrogens with one attached hydrogen (secondary N) is 1. The number of halogens is 1. The Labute approximate surface area is 209 Å². The number of amides is 1. The number of fused-ring (bicyclic) bond motifs is 1. The summed E-state index contributed by atoms with van der Waals surface area (Å²) in [6.45, 7) is 2.23. The third-order valence-electron chi connectivity index (χ3n) is 5.39. The van der Waals surface area contributed by atoms with Gasteiger partial charge in [-0.1, -0.05) is 23.7 Å². The summed E-state index contributed by atoms with van der Waals surface area (Å²) < 4.78 is 44.8. The molecule has 0 fully saturated rings. The third kappa shape index (κ3) is 5.63. The van der Waals surface area contributed by atoms with Gasteiger partial charge in [-0.2, -0.15) is 0 Å². The molecular weight excluding hydrogens is 492 g/mol. The van der Waals surface area contributed by atoms with E-state index < -0.39 is 22.0 Å². The highest BCUT2D eigenvalue weighted by molar-refractivity contribution is 7.92. The lowest BCUT2D eigenvalue weighted by atomic mass is 10.2. The first-order valence-electron chi connectivity index (χ1n) is 10.9. The van der Waals surface area contributed by atoms with Crippen LogP contribution in [0.3, 0.4) is 0 Å². The van der Waals surface area contributed by atoms with E-state index in [0.717, 1.165) is 9.87 Å². The van der Waals surface area contributed by atoms with Crippen LogP contribution in [0.1, 0.15) is 5.56 Å². The first-order chi connectivity index (χ1) is 16.8. The molecule has 1 aliphatic rings. The first-order valence-corrected chi connectivity index (χ1v) is 12.7. The van der Waals surface area contributed by atoms with Crippen LogP contribution in [0.15, 0.2) is 71.6 Å². The molecule has 1 amide bonds. The van der Waals surface area contributed by atoms with Crippen molar-refractivity contribution in [3.63, 3.8) is 0 Å². The summed E-state index contributed by atoms with van der Waals surface area (Å²) in [5, 5.41) is 3.10. The number of carbonyl (C=O) groups excluding carboxylic acids is 1. The zero-order valence-corrected chi connectivity index (χ0v) is 20.8. The van der Waals surface area contributed by atoms with Crippen molar-refractivity contribution in [2.45, 2.75) is 17.9 Å². The van der Waals surface area contributed by atoms with Gasteiger partial charge in [-0.05, 0) is 67.1 Å². The Balaban J connectivity index is 1.49. The molecular formula is C25H25ClN2O6S. The third-order valence-corrected chi connectivity index (χ3v) is 7.42. The van der Waals surface area contributed by atoms with Crippen LogP contribution in [-0.4, -0.2) is 47.2 Å². The molecule has 0 bridgehead atoms. The van der Waals surface area contributed by atoms with Crippen LogP contribution in [0, 0.1) is 6.92 Å². The number of sulfonamides is 1. The van der Waals surface area contributed by atoms with Crippen LogP contribution in [0.2, 0.25) is 5.02 Å². The molecule has 184 valence electrons. The second kappa shape index (κ2) is 10.5. The molecule has 0 saturated carbocycles. The monoisotopic (exact) mass is 516 g/mol. The molecule has 0 aromatic heterocycles. The molecule has 1 N–H and O–H groups in total. The number of ether oxygens (including phenoxy) is 3. The fraction of sp³-hybridized carbons (Fsp3) is 0.240. The van der Waals surface area contributed by atoms with Crippen molar-refractivity contribution in [3.05, 3.63) is 77.3 Å². The normalized spacial score (nSPS) is 15.1. The Morgan fingerprint density at radius 1 is 1.11 bits per heavy atom. The standard InChI is InChI=1S/C25H25ClN2O6S/c1-17-4-3-5-20(14-17)33-13-12-27-25(29)24-16-28(22-15-18(26)6-11-23(22)34-24)35(30,31)21-9-7-19(32-2)8-10-21/h3-11,14-15,24H,12-13,16H2,1-2H3,(H,27,29)/t24-/m1/s1. The molecule has 0 saturated heterocycles. The van der Waals surface area contributed by atoms with E-state index in [-0.39, 0.29) is 36.0 Å². The molecule has 1 aliphatic heterocycles. The molecule has 3 aromatic carbocycles. The van der Waals surface area contributed by atoms with Crippen molar-refractivity contribution in [2.75, 3.05) is 31.1 Å². The minimum absolute atomic E-state index is 0.0526. The van der Waals surface area contributed by atoms with Gasteiger partial charge >= 0.3 is 0 Å². The summed E-state index contributed by atoms with van der Waals surface area (Å²) in [4.78, 5) is 12.9. The molecule has 0 spiro atoms. The van der Waals surface area contributed by atoms with Crippen molar-refractivity contribution < 1.29 is 27.4 Å². The Morgan fingerprint density at radius 3 is 2.60 bits per heavy atom. The Bertz CT molecular complexity index is 1310. The molecule has 3 aromatic rings. The number of anilines is 1. The second-order valence-corrected chi connectivity index (χ2v) is 10.2. The zero-order valence-electron chi connectivity index (χ0n) is 19.2. The molecule has 10 heteroatoms. The van der Waals surface area contributed by atoms with E-state index in [9.17, 15) is 13.2 Å². The van der Waals surface area contributed by atoms with E-state index in [1.54, 1.807) is 24.3 Å². The lowest BCUT2D eigenvalue weighted by Gasteiger charge is -2.34. The minimum Gasteiger partial charge on any atom is -0.497 e. The van der Waals surface area contributed by atoms with Crippen molar-refractivity contribution in [2.24, 2.45) is 0 Å². The molecule has 35 heavy (non-hydrogen) atoms. The minimum atomic E-state index is -4.01. The fourth-order valence-corrected chi connectivity index (χ4v) is 5.26. The molecule has 0 aliphatic carbocycles. The average molecular weight is 517 g/mol. The SMILES string of the molecule is COc1ccc(S(=O)(=O)N2C[C@H](C(=O)NCCOc3cccc(C)c3)Oc3ccc(Cl)cc32)cc1. The van der Waals surface area contributed by atoms with E-state index in [2.05, 4.69) is 5.32 Å². The average Bonchev–Trinajstić information content (AvgIpc) is 2.86. The van der Waals surface area contributed by atoms with Gasteiger partial charge < -0.3 is 19.5 Å². The Hall–Kier alpha value is -3.43. The number of rotatable bonds is 8. The quantitative estimate of drug-likeness (QED) is 0.458. The summed E-state index contributed by atoms with van der Waals surface area (Å²) in [6, 6.07) is 18.2. The number of hydrogen-bond acceptors (Lipinski definition) is 6. The van der Waals surface area contributed by atoms with Crippen LogP contribution in [0.4, 0.5) is 5.69 Å². The lowest BCUT2D eigenvalue weighted by Crippen LogP contribution is -2.51. The zero-order chi connectivity index (χ0) is 25.0. The topological polar surface area (TPSA) is 94.2 Å². The van der Waals surface area contributed by atoms with Gasteiger partial charge in [-0.3, -0.25) is 9.10 Å². The Kier molecular flexibility index (Phi) is 7.37. The number of aryl methyl sites for hydroxylation is 1. The maximum atomic E-state index is 13.5. The van der Waals surface area contributed by atoms with Crippen molar-refractivity contribution in [1.29, 1.82) is 0 Å². The molecule has 1 heterocycles. The van der Waals surface area contributed by atoms with Crippen LogP contribution >= 0.6 is 11.6 Å². The molecule has 8 nitrogen and oxygen atoms in total. The van der Waals surface area contributed by atoms with Gasteiger partial charge in [-0.25, -0.2) is 8.42 Å². The number of hydrogen-bond donors (Lipinski definition) is 1. The van der Waals surface area contributed by atoms with Crippen molar-refractivity contribution in [3.8, 4) is 17.2 Å². The molecule has 4 rings (SSSR count). The lowest BCUT2D eigenvalue weighted by molar-refractivity contribution is -0.127. The van der Waals surface area contributed by atoms with Gasteiger partial charge in [0, 0.05) is 5.02 Å². The number of carbonyl (C=O) groups is 1. The summed E-state index contributed by atoms with van der Waals surface area (Å²) in [6.07, 6.45) is -1.06. The summed E-state index contributed by atoms with van der Waals surface area (Å²) in [5.41, 5.74) is 1.33. The maximum Gasteiger partial charge on any atom is 0.264 e. The number of benzene rings is 3. The van der Waals surface area contributed by atoms with Gasteiger partial charge in [0.2, 0.25) is 0 Å². The van der Waals surface area contributed by atoms with Crippen LogP contribution < -0.4 is 23.8 Å². The largest absolute Gasteiger partial charge is 0.497 e. The first kappa shape index (κ1) is 24.7. The molecule has 1 atom stereocenters. The van der Waals surface area contributed by atoms with E-state index in [1.807, 2.05) is 31.2 Å².